The SMILES string of the molecule is OCc1ccc(Sc2cnccn2)c(Br)c1. The molecule has 0 saturated carbocycles. The number of hydrogen-bond acceptors (Lipinski definition) is 4. The Morgan fingerprint density at radius 3 is 2.81 bits per heavy atom. The van der Waals surface area contributed by atoms with Crippen LogP contribution in [0, 0.1) is 0 Å². The normalized spacial score (nSPS) is 10.4. The van der Waals surface area contributed by atoms with Crippen LogP contribution in [0.2, 0.25) is 0 Å². The van der Waals surface area contributed by atoms with E-state index in [2.05, 4.69) is 25.9 Å². The van der Waals surface area contributed by atoms with E-state index in [1.54, 1.807) is 18.6 Å². The predicted molar refractivity (Wildman–Crippen MR) is 66.2 cm³/mol. The van der Waals surface area contributed by atoms with Crippen LogP contribution in [0.3, 0.4) is 0 Å². The summed E-state index contributed by atoms with van der Waals surface area (Å²) in [6.45, 7) is 0.0503. The molecule has 0 saturated heterocycles. The highest BCUT2D eigenvalue weighted by Crippen LogP contribution is 2.32. The van der Waals surface area contributed by atoms with Gasteiger partial charge in [-0.2, -0.15) is 0 Å². The molecule has 0 spiro atoms. The number of nitrogens with zero attached hydrogens (tertiary/aromatic N) is 2. The zero-order chi connectivity index (χ0) is 11.4. The second-order valence-corrected chi connectivity index (χ2v) is 4.99. The Bertz CT molecular complexity index is 479. The zero-order valence-electron chi connectivity index (χ0n) is 8.30. The van der Waals surface area contributed by atoms with E-state index in [9.17, 15) is 0 Å². The van der Waals surface area contributed by atoms with Crippen molar-refractivity contribution in [3.8, 4) is 0 Å². The number of aliphatic hydroxyl groups is 1. The number of rotatable bonds is 3. The lowest BCUT2D eigenvalue weighted by atomic mass is 10.2. The molecule has 1 N–H and O–H groups in total. The number of aromatic nitrogens is 2. The molecule has 2 rings (SSSR count). The van der Waals surface area contributed by atoms with E-state index < -0.39 is 0 Å². The highest BCUT2D eigenvalue weighted by atomic mass is 79.9. The summed E-state index contributed by atoms with van der Waals surface area (Å²) in [5.41, 5.74) is 0.885. The molecule has 16 heavy (non-hydrogen) atoms. The summed E-state index contributed by atoms with van der Waals surface area (Å²) in [4.78, 5) is 9.25. The van der Waals surface area contributed by atoms with Crippen molar-refractivity contribution in [3.63, 3.8) is 0 Å². The van der Waals surface area contributed by atoms with Crippen LogP contribution >= 0.6 is 27.7 Å². The quantitative estimate of drug-likeness (QED) is 0.946. The molecule has 1 heterocycles. The molecule has 0 amide bonds. The summed E-state index contributed by atoms with van der Waals surface area (Å²) in [5, 5.41) is 9.84. The van der Waals surface area contributed by atoms with Crippen LogP contribution in [0.1, 0.15) is 5.56 Å². The lowest BCUT2D eigenvalue weighted by Crippen LogP contribution is -1.85. The van der Waals surface area contributed by atoms with Crippen LogP contribution in [-0.4, -0.2) is 15.1 Å². The minimum atomic E-state index is 0.0503. The summed E-state index contributed by atoms with van der Waals surface area (Å²) >= 11 is 5.00. The van der Waals surface area contributed by atoms with E-state index in [1.165, 1.54) is 11.8 Å². The Kier molecular flexibility index (Phi) is 3.93. The van der Waals surface area contributed by atoms with E-state index in [0.29, 0.717) is 0 Å². The van der Waals surface area contributed by atoms with Crippen molar-refractivity contribution in [2.24, 2.45) is 0 Å². The number of hydrogen-bond donors (Lipinski definition) is 1. The van der Waals surface area contributed by atoms with Crippen molar-refractivity contribution >= 4 is 27.7 Å². The first-order chi connectivity index (χ1) is 7.79. The molecule has 0 aliphatic heterocycles. The van der Waals surface area contributed by atoms with Crippen LogP contribution in [-0.2, 0) is 6.61 Å². The van der Waals surface area contributed by atoms with E-state index in [-0.39, 0.29) is 6.61 Å². The Morgan fingerprint density at radius 1 is 1.31 bits per heavy atom. The van der Waals surface area contributed by atoms with Gasteiger partial charge in [-0.15, -0.1) is 0 Å². The third-order valence-electron chi connectivity index (χ3n) is 1.93. The summed E-state index contributed by atoms with van der Waals surface area (Å²) in [7, 11) is 0. The van der Waals surface area contributed by atoms with Crippen molar-refractivity contribution in [3.05, 3.63) is 46.8 Å². The molecule has 0 unspecified atom stereocenters. The molecule has 0 aliphatic carbocycles. The van der Waals surface area contributed by atoms with E-state index in [0.717, 1.165) is 20.0 Å². The summed E-state index contributed by atoms with van der Waals surface area (Å²) < 4.78 is 0.953. The van der Waals surface area contributed by atoms with E-state index in [4.69, 9.17) is 5.11 Å². The molecular weight excluding hydrogens is 288 g/mol. The van der Waals surface area contributed by atoms with Crippen molar-refractivity contribution in [1.29, 1.82) is 0 Å². The average Bonchev–Trinajstić information content (AvgIpc) is 2.33. The minimum absolute atomic E-state index is 0.0503. The van der Waals surface area contributed by atoms with Gasteiger partial charge in [-0.3, -0.25) is 4.98 Å². The fraction of sp³-hybridized carbons (Fsp3) is 0.0909. The van der Waals surface area contributed by atoms with Gasteiger partial charge in [0, 0.05) is 21.8 Å². The smallest absolute Gasteiger partial charge is 0.119 e. The van der Waals surface area contributed by atoms with E-state index >= 15 is 0 Å². The minimum Gasteiger partial charge on any atom is -0.392 e. The first-order valence-corrected chi connectivity index (χ1v) is 6.23. The van der Waals surface area contributed by atoms with Gasteiger partial charge < -0.3 is 5.11 Å². The van der Waals surface area contributed by atoms with Gasteiger partial charge >= 0.3 is 0 Å². The molecule has 2 aromatic rings. The number of halogens is 1. The molecule has 1 aromatic carbocycles. The Hall–Kier alpha value is -0.910. The molecule has 0 radical (unpaired) electrons. The monoisotopic (exact) mass is 296 g/mol. The Morgan fingerprint density at radius 2 is 2.19 bits per heavy atom. The standard InChI is InChI=1S/C11H9BrN2OS/c12-9-5-8(7-15)1-2-10(9)16-11-6-13-3-4-14-11/h1-6,15H,7H2. The van der Waals surface area contributed by atoms with Gasteiger partial charge in [0.05, 0.1) is 12.8 Å². The average molecular weight is 297 g/mol. The fourth-order valence-electron chi connectivity index (χ4n) is 1.18. The lowest BCUT2D eigenvalue weighted by Gasteiger charge is -2.04. The predicted octanol–water partition coefficient (Wildman–Crippen LogP) is 2.88. The van der Waals surface area contributed by atoms with Crippen molar-refractivity contribution in [2.75, 3.05) is 0 Å². The molecule has 0 atom stereocenters. The topological polar surface area (TPSA) is 46.0 Å². The highest BCUT2D eigenvalue weighted by Gasteiger charge is 2.04. The van der Waals surface area contributed by atoms with Gasteiger partial charge in [-0.05, 0) is 33.6 Å². The fourth-order valence-corrected chi connectivity index (χ4v) is 2.59. The lowest BCUT2D eigenvalue weighted by molar-refractivity contribution is 0.281. The molecule has 0 aliphatic rings. The third-order valence-corrected chi connectivity index (χ3v) is 3.85. The Labute approximate surface area is 106 Å². The molecular formula is C11H9BrN2OS. The summed E-state index contributed by atoms with van der Waals surface area (Å²) in [6, 6.07) is 5.75. The van der Waals surface area contributed by atoms with Gasteiger partial charge in [-0.25, -0.2) is 4.98 Å². The molecule has 0 fully saturated rings. The molecule has 3 nitrogen and oxygen atoms in total. The van der Waals surface area contributed by atoms with Gasteiger partial charge in [-0.1, -0.05) is 17.8 Å². The first kappa shape index (κ1) is 11.6. The maximum Gasteiger partial charge on any atom is 0.119 e. The van der Waals surface area contributed by atoms with E-state index in [1.807, 2.05) is 18.2 Å². The van der Waals surface area contributed by atoms with Gasteiger partial charge in [0.1, 0.15) is 5.03 Å². The van der Waals surface area contributed by atoms with Crippen LogP contribution in [0.25, 0.3) is 0 Å². The van der Waals surface area contributed by atoms with Crippen LogP contribution in [0.4, 0.5) is 0 Å². The zero-order valence-corrected chi connectivity index (χ0v) is 10.7. The maximum atomic E-state index is 8.99. The van der Waals surface area contributed by atoms with Gasteiger partial charge in [0.25, 0.3) is 0 Å². The van der Waals surface area contributed by atoms with Crippen molar-refractivity contribution in [2.45, 2.75) is 16.5 Å². The molecule has 1 aromatic heterocycles. The maximum absolute atomic E-state index is 8.99. The van der Waals surface area contributed by atoms with Crippen LogP contribution in [0.15, 0.2) is 51.2 Å². The molecule has 5 heteroatoms. The second-order valence-electron chi connectivity index (χ2n) is 3.07. The van der Waals surface area contributed by atoms with Gasteiger partial charge in [0.2, 0.25) is 0 Å². The van der Waals surface area contributed by atoms with Crippen LogP contribution in [0.5, 0.6) is 0 Å². The Balaban J connectivity index is 2.22. The van der Waals surface area contributed by atoms with Crippen LogP contribution < -0.4 is 0 Å². The highest BCUT2D eigenvalue weighted by molar-refractivity contribution is 9.10. The number of aliphatic hydroxyl groups excluding tert-OH is 1. The first-order valence-electron chi connectivity index (χ1n) is 4.63. The third kappa shape index (κ3) is 2.81. The second kappa shape index (κ2) is 5.43. The molecule has 82 valence electrons. The van der Waals surface area contributed by atoms with Crippen molar-refractivity contribution < 1.29 is 5.11 Å². The van der Waals surface area contributed by atoms with Crippen molar-refractivity contribution in [1.82, 2.24) is 9.97 Å². The summed E-state index contributed by atoms with van der Waals surface area (Å²) in [5.74, 6) is 0. The largest absolute Gasteiger partial charge is 0.392 e. The molecule has 0 bridgehead atoms. The summed E-state index contributed by atoms with van der Waals surface area (Å²) in [6.07, 6.45) is 5.03. The number of benzene rings is 1. The van der Waals surface area contributed by atoms with Gasteiger partial charge in [0.15, 0.2) is 0 Å².